The average molecular weight is 488 g/mol. The highest BCUT2D eigenvalue weighted by Gasteiger charge is 2.28. The van der Waals surface area contributed by atoms with Crippen LogP contribution in [0.25, 0.3) is 11.1 Å². The van der Waals surface area contributed by atoms with Crippen molar-refractivity contribution in [2.45, 2.75) is 50.6 Å². The van der Waals surface area contributed by atoms with Gasteiger partial charge < -0.3 is 14.5 Å². The van der Waals surface area contributed by atoms with E-state index >= 15 is 0 Å². The Kier molecular flexibility index (Phi) is 7.08. The molecule has 2 heterocycles. The first kappa shape index (κ1) is 24.0. The second-order valence-corrected chi connectivity index (χ2v) is 10.2. The van der Waals surface area contributed by atoms with Gasteiger partial charge in [-0.2, -0.15) is 4.31 Å². The number of aromatic nitrogens is 1. The summed E-state index contributed by atoms with van der Waals surface area (Å²) in [4.78, 5) is 25.0. The molecule has 0 radical (unpaired) electrons. The van der Waals surface area contributed by atoms with E-state index in [1.807, 2.05) is 38.1 Å². The number of rotatable bonds is 9. The van der Waals surface area contributed by atoms with Crippen LogP contribution >= 0.6 is 0 Å². The molecule has 9 nitrogen and oxygen atoms in total. The first-order valence-corrected chi connectivity index (χ1v) is 12.9. The van der Waals surface area contributed by atoms with Crippen LogP contribution in [-0.2, 0) is 21.4 Å². The summed E-state index contributed by atoms with van der Waals surface area (Å²) in [6.45, 7) is 5.50. The van der Waals surface area contributed by atoms with Crippen molar-refractivity contribution < 1.29 is 22.4 Å². The van der Waals surface area contributed by atoms with Crippen LogP contribution in [0.5, 0.6) is 5.75 Å². The summed E-state index contributed by atoms with van der Waals surface area (Å²) in [5.74, 6) is -0.0682. The number of aryl methyl sites for hydroxylation is 1. The monoisotopic (exact) mass is 487 g/mol. The Balaban J connectivity index is 1.42. The molecule has 0 bridgehead atoms. The van der Waals surface area contributed by atoms with Gasteiger partial charge in [0.1, 0.15) is 5.75 Å². The molecule has 1 aromatic heterocycles. The zero-order valence-electron chi connectivity index (χ0n) is 19.3. The molecule has 1 N–H and O–H groups in total. The van der Waals surface area contributed by atoms with Crippen LogP contribution in [0.2, 0.25) is 0 Å². The molecule has 182 valence electrons. The fraction of sp³-hybridized carbons (Fsp3) is 0.417. The predicted octanol–water partition coefficient (Wildman–Crippen LogP) is 3.05. The van der Waals surface area contributed by atoms with E-state index in [1.165, 1.54) is 21.0 Å². The summed E-state index contributed by atoms with van der Waals surface area (Å²) in [6.07, 6.45) is 1.75. The number of carbonyl (C=O) groups excluding carboxylic acids is 1. The SMILES string of the molecule is CCOc1ccc(C(C)NC(=O)CCn2c(=O)oc3cc(S(=O)(=O)N4CCCC4)ccc32)cc1. The largest absolute Gasteiger partial charge is 0.494 e. The van der Waals surface area contributed by atoms with Crippen LogP contribution in [0.15, 0.2) is 56.6 Å². The number of sulfonamides is 1. The van der Waals surface area contributed by atoms with Crippen molar-refractivity contribution in [1.29, 1.82) is 0 Å². The van der Waals surface area contributed by atoms with Gasteiger partial charge >= 0.3 is 5.76 Å². The summed E-state index contributed by atoms with van der Waals surface area (Å²) in [6, 6.07) is 11.7. The average Bonchev–Trinajstić information content (AvgIpc) is 3.46. The second-order valence-electron chi connectivity index (χ2n) is 8.30. The first-order chi connectivity index (χ1) is 16.3. The van der Waals surface area contributed by atoms with Crippen LogP contribution in [0.3, 0.4) is 0 Å². The van der Waals surface area contributed by atoms with Crippen molar-refractivity contribution in [2.75, 3.05) is 19.7 Å². The van der Waals surface area contributed by atoms with E-state index in [0.29, 0.717) is 25.2 Å². The Bertz CT molecular complexity index is 1320. The molecule has 1 amide bonds. The van der Waals surface area contributed by atoms with Gasteiger partial charge in [-0.1, -0.05) is 12.1 Å². The Morgan fingerprint density at radius 3 is 2.53 bits per heavy atom. The Morgan fingerprint density at radius 1 is 1.15 bits per heavy atom. The molecule has 1 atom stereocenters. The number of hydrogen-bond donors (Lipinski definition) is 1. The van der Waals surface area contributed by atoms with Crippen molar-refractivity contribution in [3.8, 4) is 5.75 Å². The smallest absolute Gasteiger partial charge is 0.419 e. The number of nitrogens with zero attached hydrogens (tertiary/aromatic N) is 2. The van der Waals surface area contributed by atoms with Gasteiger partial charge in [0.2, 0.25) is 15.9 Å². The van der Waals surface area contributed by atoms with Crippen molar-refractivity contribution in [3.63, 3.8) is 0 Å². The van der Waals surface area contributed by atoms with Crippen molar-refractivity contribution in [1.82, 2.24) is 14.2 Å². The molecule has 1 saturated heterocycles. The molecule has 1 unspecified atom stereocenters. The summed E-state index contributed by atoms with van der Waals surface area (Å²) >= 11 is 0. The number of carbonyl (C=O) groups is 1. The lowest BCUT2D eigenvalue weighted by atomic mass is 10.1. The van der Waals surface area contributed by atoms with E-state index in [2.05, 4.69) is 5.32 Å². The quantitative estimate of drug-likeness (QED) is 0.497. The van der Waals surface area contributed by atoms with Gasteiger partial charge in [0, 0.05) is 32.1 Å². The van der Waals surface area contributed by atoms with E-state index in [1.54, 1.807) is 6.07 Å². The van der Waals surface area contributed by atoms with Crippen LogP contribution < -0.4 is 15.8 Å². The molecule has 0 spiro atoms. The van der Waals surface area contributed by atoms with Crippen LogP contribution in [0.1, 0.15) is 44.7 Å². The highest BCUT2D eigenvalue weighted by atomic mass is 32.2. The van der Waals surface area contributed by atoms with Gasteiger partial charge in [-0.25, -0.2) is 13.2 Å². The third-order valence-corrected chi connectivity index (χ3v) is 7.87. The summed E-state index contributed by atoms with van der Waals surface area (Å²) in [5.41, 5.74) is 1.58. The molecule has 34 heavy (non-hydrogen) atoms. The van der Waals surface area contributed by atoms with Crippen molar-refractivity contribution >= 4 is 27.0 Å². The number of oxazole rings is 1. The number of ether oxygens (including phenoxy) is 1. The maximum absolute atomic E-state index is 12.8. The molecule has 3 aromatic rings. The van der Waals surface area contributed by atoms with E-state index in [9.17, 15) is 18.0 Å². The van der Waals surface area contributed by atoms with Crippen molar-refractivity contribution in [2.24, 2.45) is 0 Å². The van der Waals surface area contributed by atoms with Gasteiger partial charge in [0.05, 0.1) is 23.1 Å². The maximum atomic E-state index is 12.8. The molecule has 4 rings (SSSR count). The highest BCUT2D eigenvalue weighted by molar-refractivity contribution is 7.89. The normalized spacial score (nSPS) is 15.5. The van der Waals surface area contributed by atoms with E-state index < -0.39 is 15.8 Å². The van der Waals surface area contributed by atoms with Crippen LogP contribution in [-0.4, -0.2) is 42.9 Å². The zero-order chi connectivity index (χ0) is 24.3. The van der Waals surface area contributed by atoms with Gasteiger partial charge in [0.25, 0.3) is 0 Å². The second kappa shape index (κ2) is 10.0. The lowest BCUT2D eigenvalue weighted by Crippen LogP contribution is -2.28. The fourth-order valence-corrected chi connectivity index (χ4v) is 5.66. The Morgan fingerprint density at radius 2 is 1.85 bits per heavy atom. The van der Waals surface area contributed by atoms with E-state index in [4.69, 9.17) is 9.15 Å². The predicted molar refractivity (Wildman–Crippen MR) is 127 cm³/mol. The molecular formula is C24H29N3O6S. The topological polar surface area (TPSA) is 111 Å². The Labute approximate surface area is 198 Å². The minimum atomic E-state index is -3.62. The van der Waals surface area contributed by atoms with Crippen molar-refractivity contribution in [3.05, 3.63) is 58.6 Å². The number of benzene rings is 2. The number of amides is 1. The molecule has 1 aliphatic heterocycles. The number of hydrogen-bond acceptors (Lipinski definition) is 6. The lowest BCUT2D eigenvalue weighted by Gasteiger charge is -2.15. The van der Waals surface area contributed by atoms with Gasteiger partial charge in [-0.05, 0) is 56.5 Å². The third kappa shape index (κ3) is 5.02. The molecule has 1 aliphatic rings. The summed E-state index contributed by atoms with van der Waals surface area (Å²) in [5, 5.41) is 2.93. The van der Waals surface area contributed by atoms with Gasteiger partial charge in [-0.15, -0.1) is 0 Å². The minimum absolute atomic E-state index is 0.0732. The molecular weight excluding hydrogens is 458 g/mol. The lowest BCUT2D eigenvalue weighted by molar-refractivity contribution is -0.121. The van der Waals surface area contributed by atoms with E-state index in [0.717, 1.165) is 24.2 Å². The molecule has 10 heteroatoms. The third-order valence-electron chi connectivity index (χ3n) is 5.97. The fourth-order valence-electron chi connectivity index (χ4n) is 4.13. The van der Waals surface area contributed by atoms with Gasteiger partial charge in [-0.3, -0.25) is 9.36 Å². The maximum Gasteiger partial charge on any atom is 0.419 e. The zero-order valence-corrected chi connectivity index (χ0v) is 20.1. The summed E-state index contributed by atoms with van der Waals surface area (Å²) in [7, 11) is -3.62. The number of fused-ring (bicyclic) bond motifs is 1. The first-order valence-electron chi connectivity index (χ1n) is 11.4. The standard InChI is InChI=1S/C24H29N3O6S/c1-3-32-19-8-6-18(7-9-19)17(2)25-23(28)12-15-27-21-11-10-20(16-22(21)33-24(27)29)34(30,31)26-13-4-5-14-26/h6-11,16-17H,3-5,12-15H2,1-2H3,(H,25,28). The van der Waals surface area contributed by atoms with Crippen LogP contribution in [0, 0.1) is 0 Å². The number of nitrogens with one attached hydrogen (secondary N) is 1. The molecule has 0 saturated carbocycles. The molecule has 1 fully saturated rings. The van der Waals surface area contributed by atoms with Crippen LogP contribution in [0.4, 0.5) is 0 Å². The molecule has 2 aromatic carbocycles. The minimum Gasteiger partial charge on any atom is -0.494 e. The Hall–Kier alpha value is -3.11. The van der Waals surface area contributed by atoms with E-state index in [-0.39, 0.29) is 35.4 Å². The summed E-state index contributed by atoms with van der Waals surface area (Å²) < 4.78 is 39.1. The highest BCUT2D eigenvalue weighted by Crippen LogP contribution is 2.24. The van der Waals surface area contributed by atoms with Gasteiger partial charge in [0.15, 0.2) is 5.58 Å². The molecule has 0 aliphatic carbocycles.